The average molecular weight is 343 g/mol. The lowest BCUT2D eigenvalue weighted by atomic mass is 9.91. The molecule has 1 aliphatic heterocycles. The van der Waals surface area contributed by atoms with Crippen LogP contribution in [0.1, 0.15) is 17.7 Å². The van der Waals surface area contributed by atoms with E-state index in [1.165, 1.54) is 11.3 Å². The van der Waals surface area contributed by atoms with Gasteiger partial charge in [-0.3, -0.25) is 9.88 Å². The number of halogens is 3. The molecule has 0 amide bonds. The van der Waals surface area contributed by atoms with Gasteiger partial charge in [0.1, 0.15) is 5.01 Å². The number of aromatic nitrogens is 2. The fraction of sp³-hybridized carbons (Fsp3) is 0.467. The summed E-state index contributed by atoms with van der Waals surface area (Å²) < 4.78 is 38.4. The third-order valence-corrected chi connectivity index (χ3v) is 5.08. The molecule has 1 aliphatic rings. The maximum atomic E-state index is 12.8. The Morgan fingerprint density at radius 2 is 2.00 bits per heavy atom. The number of piperidine rings is 1. The molecule has 3 heterocycles. The summed E-state index contributed by atoms with van der Waals surface area (Å²) in [6, 6.07) is 3.75. The van der Waals surface area contributed by atoms with Crippen LogP contribution in [-0.2, 0) is 6.54 Å². The second kappa shape index (κ2) is 6.18. The highest BCUT2D eigenvalue weighted by Gasteiger charge is 2.54. The molecule has 1 saturated heterocycles. The highest BCUT2D eigenvalue weighted by molar-refractivity contribution is 7.15. The number of hydrogen-bond acceptors (Lipinski definition) is 5. The largest absolute Gasteiger partial charge is 0.417 e. The van der Waals surface area contributed by atoms with E-state index in [0.717, 1.165) is 15.4 Å². The first-order chi connectivity index (χ1) is 10.9. The first kappa shape index (κ1) is 16.4. The lowest BCUT2D eigenvalue weighted by Crippen LogP contribution is -2.53. The summed E-state index contributed by atoms with van der Waals surface area (Å²) in [7, 11) is 0. The molecule has 0 bridgehead atoms. The summed E-state index contributed by atoms with van der Waals surface area (Å²) in [6.07, 6.45) is 0.0324. The number of pyridine rings is 1. The minimum Gasteiger partial charge on any atom is -0.380 e. The zero-order valence-electron chi connectivity index (χ0n) is 12.3. The highest BCUT2D eigenvalue weighted by atomic mass is 32.1. The molecule has 0 radical (unpaired) electrons. The Labute approximate surface area is 135 Å². The molecule has 2 aromatic heterocycles. The van der Waals surface area contributed by atoms with Crippen molar-refractivity contribution < 1.29 is 18.3 Å². The first-order valence-corrected chi connectivity index (χ1v) is 8.06. The third kappa shape index (κ3) is 3.54. The van der Waals surface area contributed by atoms with E-state index in [2.05, 4.69) is 9.97 Å². The highest BCUT2D eigenvalue weighted by Crippen LogP contribution is 2.38. The predicted octanol–water partition coefficient (Wildman–Crippen LogP) is 3.09. The molecule has 0 saturated carbocycles. The molecule has 3 rings (SSSR count). The van der Waals surface area contributed by atoms with Gasteiger partial charge in [0.05, 0.1) is 0 Å². The van der Waals surface area contributed by atoms with E-state index in [1.807, 2.05) is 17.0 Å². The second-order valence-electron chi connectivity index (χ2n) is 5.68. The Morgan fingerprint density at radius 1 is 1.26 bits per heavy atom. The van der Waals surface area contributed by atoms with Crippen LogP contribution in [0.25, 0.3) is 10.6 Å². The van der Waals surface area contributed by atoms with Crippen LogP contribution in [0.3, 0.4) is 0 Å². The minimum atomic E-state index is -4.56. The zero-order chi connectivity index (χ0) is 16.5. The number of likely N-dealkylation sites (tertiary alicyclic amines) is 1. The molecule has 4 nitrogen and oxygen atoms in total. The van der Waals surface area contributed by atoms with Crippen LogP contribution >= 0.6 is 11.3 Å². The third-order valence-electron chi connectivity index (χ3n) is 4.05. The van der Waals surface area contributed by atoms with E-state index >= 15 is 0 Å². The molecular weight excluding hydrogens is 327 g/mol. The normalized spacial score (nSPS) is 19.0. The molecule has 0 unspecified atom stereocenters. The van der Waals surface area contributed by atoms with E-state index in [-0.39, 0.29) is 25.9 Å². The molecule has 23 heavy (non-hydrogen) atoms. The van der Waals surface area contributed by atoms with Gasteiger partial charge in [-0.05, 0) is 25.0 Å². The fourth-order valence-corrected chi connectivity index (χ4v) is 3.53. The SMILES string of the molecule is OC1(C(F)(F)F)CCN(Cc2cnc(-c3cccnc3)s2)CC1. The van der Waals surface area contributed by atoms with Crippen molar-refractivity contribution in [3.8, 4) is 10.6 Å². The van der Waals surface area contributed by atoms with Gasteiger partial charge in [0.25, 0.3) is 0 Å². The van der Waals surface area contributed by atoms with Crippen LogP contribution in [0.2, 0.25) is 0 Å². The molecule has 0 aromatic carbocycles. The topological polar surface area (TPSA) is 49.2 Å². The lowest BCUT2D eigenvalue weighted by molar-refractivity contribution is -0.272. The van der Waals surface area contributed by atoms with Crippen molar-refractivity contribution in [3.05, 3.63) is 35.6 Å². The van der Waals surface area contributed by atoms with Crippen LogP contribution in [0.4, 0.5) is 13.2 Å². The fourth-order valence-electron chi connectivity index (χ4n) is 2.59. The Hall–Kier alpha value is -1.51. The molecular formula is C15H16F3N3OS. The van der Waals surface area contributed by atoms with Gasteiger partial charge in [0.2, 0.25) is 0 Å². The Bertz CT molecular complexity index is 651. The van der Waals surface area contributed by atoms with Crippen molar-refractivity contribution in [1.82, 2.24) is 14.9 Å². The van der Waals surface area contributed by atoms with Crippen molar-refractivity contribution in [3.63, 3.8) is 0 Å². The van der Waals surface area contributed by atoms with Crippen LogP contribution in [0, 0.1) is 0 Å². The number of alkyl halides is 3. The predicted molar refractivity (Wildman–Crippen MR) is 80.9 cm³/mol. The molecule has 1 N–H and O–H groups in total. The monoisotopic (exact) mass is 343 g/mol. The van der Waals surface area contributed by atoms with Gasteiger partial charge >= 0.3 is 6.18 Å². The Balaban J connectivity index is 1.61. The van der Waals surface area contributed by atoms with Crippen LogP contribution < -0.4 is 0 Å². The molecule has 2 aromatic rings. The Kier molecular flexibility index (Phi) is 4.39. The smallest absolute Gasteiger partial charge is 0.380 e. The van der Waals surface area contributed by atoms with Gasteiger partial charge in [-0.25, -0.2) is 4.98 Å². The van der Waals surface area contributed by atoms with E-state index in [4.69, 9.17) is 0 Å². The number of aliphatic hydroxyl groups is 1. The van der Waals surface area contributed by atoms with Crippen LogP contribution in [-0.4, -0.2) is 44.8 Å². The zero-order valence-corrected chi connectivity index (χ0v) is 13.1. The van der Waals surface area contributed by atoms with Crippen LogP contribution in [0.5, 0.6) is 0 Å². The molecule has 8 heteroatoms. The summed E-state index contributed by atoms with van der Waals surface area (Å²) in [4.78, 5) is 11.3. The Morgan fingerprint density at radius 3 is 2.61 bits per heavy atom. The summed E-state index contributed by atoms with van der Waals surface area (Å²) in [5, 5.41) is 10.5. The average Bonchev–Trinajstić information content (AvgIpc) is 2.98. The molecule has 0 aliphatic carbocycles. The summed E-state index contributed by atoms with van der Waals surface area (Å²) in [5.41, 5.74) is -1.62. The maximum Gasteiger partial charge on any atom is 0.417 e. The van der Waals surface area contributed by atoms with E-state index in [1.54, 1.807) is 18.6 Å². The van der Waals surface area contributed by atoms with E-state index in [9.17, 15) is 18.3 Å². The van der Waals surface area contributed by atoms with Crippen molar-refractivity contribution in [1.29, 1.82) is 0 Å². The van der Waals surface area contributed by atoms with E-state index in [0.29, 0.717) is 6.54 Å². The van der Waals surface area contributed by atoms with Crippen molar-refractivity contribution in [2.24, 2.45) is 0 Å². The molecule has 0 spiro atoms. The molecule has 0 atom stereocenters. The van der Waals surface area contributed by atoms with Gasteiger partial charge in [-0.2, -0.15) is 13.2 Å². The standard InChI is InChI=1S/C15H16F3N3OS/c16-15(17,18)14(22)3-6-21(7-4-14)10-12-9-20-13(23-12)11-2-1-5-19-8-11/h1-2,5,8-9,22H,3-4,6-7,10H2. The van der Waals surface area contributed by atoms with E-state index < -0.39 is 11.8 Å². The van der Waals surface area contributed by atoms with Gasteiger partial charge in [-0.15, -0.1) is 11.3 Å². The molecule has 124 valence electrons. The van der Waals surface area contributed by atoms with Gasteiger partial charge < -0.3 is 5.11 Å². The van der Waals surface area contributed by atoms with Crippen molar-refractivity contribution in [2.45, 2.75) is 31.2 Å². The van der Waals surface area contributed by atoms with Crippen LogP contribution in [0.15, 0.2) is 30.7 Å². The second-order valence-corrected chi connectivity index (χ2v) is 6.79. The van der Waals surface area contributed by atoms with Gasteiger partial charge in [-0.1, -0.05) is 0 Å². The number of hydrogen-bond donors (Lipinski definition) is 1. The van der Waals surface area contributed by atoms with Crippen molar-refractivity contribution >= 4 is 11.3 Å². The maximum absolute atomic E-state index is 12.8. The number of rotatable bonds is 3. The first-order valence-electron chi connectivity index (χ1n) is 7.24. The summed E-state index contributed by atoms with van der Waals surface area (Å²) in [5.74, 6) is 0. The van der Waals surface area contributed by atoms with Crippen molar-refractivity contribution in [2.75, 3.05) is 13.1 Å². The van der Waals surface area contributed by atoms with Gasteiger partial charge in [0, 0.05) is 48.7 Å². The summed E-state index contributed by atoms with van der Waals surface area (Å²) in [6.45, 7) is 0.984. The molecule has 1 fully saturated rings. The van der Waals surface area contributed by atoms with Gasteiger partial charge in [0.15, 0.2) is 5.60 Å². The number of nitrogens with zero attached hydrogens (tertiary/aromatic N) is 3. The number of thiazole rings is 1. The minimum absolute atomic E-state index is 0.218. The lowest BCUT2D eigenvalue weighted by Gasteiger charge is -2.38. The quantitative estimate of drug-likeness (QED) is 0.930. The summed E-state index contributed by atoms with van der Waals surface area (Å²) >= 11 is 1.51.